The van der Waals surface area contributed by atoms with Crippen molar-refractivity contribution >= 4 is 11.8 Å². The van der Waals surface area contributed by atoms with Gasteiger partial charge in [-0.25, -0.2) is 0 Å². The van der Waals surface area contributed by atoms with Crippen molar-refractivity contribution in [1.82, 2.24) is 9.80 Å². The molecule has 2 fully saturated rings. The van der Waals surface area contributed by atoms with Gasteiger partial charge < -0.3 is 14.5 Å². The Balaban J connectivity index is 1.76. The molecule has 1 atom stereocenters. The van der Waals surface area contributed by atoms with E-state index in [0.717, 1.165) is 51.0 Å². The van der Waals surface area contributed by atoms with Crippen LogP contribution in [0.25, 0.3) is 0 Å². The van der Waals surface area contributed by atoms with Gasteiger partial charge in [0.25, 0.3) is 0 Å². The van der Waals surface area contributed by atoms with Crippen LogP contribution < -0.4 is 0 Å². The monoisotopic (exact) mass is 344 g/mol. The lowest BCUT2D eigenvalue weighted by atomic mass is 9.67. The number of hydrogen-bond donors (Lipinski definition) is 0. The predicted molar refractivity (Wildman–Crippen MR) is 96.2 cm³/mol. The van der Waals surface area contributed by atoms with Crippen molar-refractivity contribution in [2.75, 3.05) is 39.9 Å². The maximum atomic E-state index is 12.9. The number of benzene rings is 1. The highest BCUT2D eigenvalue weighted by Crippen LogP contribution is 2.45. The van der Waals surface area contributed by atoms with Crippen molar-refractivity contribution in [2.45, 2.75) is 32.1 Å². The number of likely N-dealkylation sites (tertiary alicyclic amines) is 2. The Kier molecular flexibility index (Phi) is 5.42. The number of likely N-dealkylation sites (N-methyl/N-ethyl adjacent to an activating group) is 1. The van der Waals surface area contributed by atoms with Gasteiger partial charge in [0.15, 0.2) is 0 Å². The number of hydrogen-bond acceptors (Lipinski definition) is 3. The molecule has 136 valence electrons. The maximum absolute atomic E-state index is 12.9. The highest BCUT2D eigenvalue weighted by atomic mass is 16.5. The van der Waals surface area contributed by atoms with Crippen LogP contribution in [0.1, 0.15) is 37.7 Å². The molecule has 5 heteroatoms. The number of nitrogens with zero attached hydrogens (tertiary/aromatic N) is 2. The van der Waals surface area contributed by atoms with E-state index < -0.39 is 0 Å². The molecule has 2 heterocycles. The molecule has 0 aliphatic carbocycles. The lowest BCUT2D eigenvalue weighted by Gasteiger charge is -2.49. The summed E-state index contributed by atoms with van der Waals surface area (Å²) in [5, 5.41) is 0. The van der Waals surface area contributed by atoms with Crippen LogP contribution in [0.5, 0.6) is 0 Å². The van der Waals surface area contributed by atoms with Gasteiger partial charge in [-0.1, -0.05) is 30.3 Å². The fraction of sp³-hybridized carbons (Fsp3) is 0.600. The van der Waals surface area contributed by atoms with E-state index in [1.807, 2.05) is 28.0 Å². The number of piperidine rings is 2. The average Bonchev–Trinajstić information content (AvgIpc) is 2.65. The highest BCUT2D eigenvalue weighted by Gasteiger charge is 2.46. The van der Waals surface area contributed by atoms with E-state index >= 15 is 0 Å². The summed E-state index contributed by atoms with van der Waals surface area (Å²) in [5.74, 6) is 0.254. The first-order valence-electron chi connectivity index (χ1n) is 9.19. The molecule has 5 nitrogen and oxygen atoms in total. The molecule has 0 radical (unpaired) electrons. The van der Waals surface area contributed by atoms with Gasteiger partial charge in [-0.2, -0.15) is 0 Å². The molecule has 1 aromatic carbocycles. The summed E-state index contributed by atoms with van der Waals surface area (Å²) in [7, 11) is 1.56. The number of ether oxygens (including phenoxy) is 1. The number of amides is 2. The lowest BCUT2D eigenvalue weighted by Crippen LogP contribution is -2.54. The summed E-state index contributed by atoms with van der Waals surface area (Å²) >= 11 is 0. The maximum Gasteiger partial charge on any atom is 0.248 e. The van der Waals surface area contributed by atoms with E-state index in [4.69, 9.17) is 4.74 Å². The molecule has 0 bridgehead atoms. The smallest absolute Gasteiger partial charge is 0.248 e. The third kappa shape index (κ3) is 3.71. The molecule has 2 aliphatic heterocycles. The molecule has 1 aromatic rings. The second-order valence-electron chi connectivity index (χ2n) is 7.33. The Morgan fingerprint density at radius 3 is 2.52 bits per heavy atom. The minimum Gasteiger partial charge on any atom is -0.375 e. The zero-order valence-corrected chi connectivity index (χ0v) is 15.2. The van der Waals surface area contributed by atoms with E-state index in [2.05, 4.69) is 19.1 Å². The van der Waals surface area contributed by atoms with Crippen molar-refractivity contribution in [3.05, 3.63) is 35.9 Å². The Hall–Kier alpha value is -1.88. The van der Waals surface area contributed by atoms with Crippen molar-refractivity contribution in [3.63, 3.8) is 0 Å². The zero-order valence-electron chi connectivity index (χ0n) is 15.2. The first-order valence-corrected chi connectivity index (χ1v) is 9.19. The third-order valence-electron chi connectivity index (χ3n) is 5.80. The van der Waals surface area contributed by atoms with E-state index in [1.165, 1.54) is 0 Å². The molecule has 2 saturated heterocycles. The number of methoxy groups -OCH3 is 1. The third-order valence-corrected chi connectivity index (χ3v) is 5.80. The Bertz CT molecular complexity index is 609. The topological polar surface area (TPSA) is 49.9 Å². The minimum atomic E-state index is -0.0591. The van der Waals surface area contributed by atoms with Crippen molar-refractivity contribution in [1.29, 1.82) is 0 Å². The second kappa shape index (κ2) is 7.56. The SMILES string of the molecule is CCN1CC2(CCN(C(=O)COC)CC2)C[C@@H](c2ccccc2)C1=O. The van der Waals surface area contributed by atoms with E-state index in [9.17, 15) is 9.59 Å². The molecule has 3 rings (SSSR count). The summed E-state index contributed by atoms with van der Waals surface area (Å²) in [4.78, 5) is 28.9. The van der Waals surface area contributed by atoms with E-state index in [0.29, 0.717) is 0 Å². The summed E-state index contributed by atoms with van der Waals surface area (Å²) in [6.45, 7) is 5.29. The lowest BCUT2D eigenvalue weighted by molar-refractivity contribution is -0.145. The van der Waals surface area contributed by atoms with Crippen LogP contribution >= 0.6 is 0 Å². The summed E-state index contributed by atoms with van der Waals surface area (Å²) in [5.41, 5.74) is 1.23. The summed E-state index contributed by atoms with van der Waals surface area (Å²) in [6.07, 6.45) is 2.80. The number of carbonyl (C=O) groups excluding carboxylic acids is 2. The van der Waals surface area contributed by atoms with Crippen molar-refractivity contribution < 1.29 is 14.3 Å². The van der Waals surface area contributed by atoms with E-state index in [1.54, 1.807) is 7.11 Å². The van der Waals surface area contributed by atoms with Crippen LogP contribution in [-0.4, -0.2) is 61.5 Å². The standard InChI is InChI=1S/C20H28N2O3/c1-3-21-15-20(9-11-22(12-10-20)18(23)14-25-2)13-17(19(21)24)16-7-5-4-6-8-16/h4-8,17H,3,9-15H2,1-2H3/t17-/m0/s1. The van der Waals surface area contributed by atoms with Gasteiger partial charge in [0.05, 0.1) is 5.92 Å². The fourth-order valence-electron chi connectivity index (χ4n) is 4.31. The second-order valence-corrected chi connectivity index (χ2v) is 7.33. The van der Waals surface area contributed by atoms with Gasteiger partial charge in [0, 0.05) is 33.3 Å². The molecule has 2 aliphatic rings. The van der Waals surface area contributed by atoms with Crippen LogP contribution in [-0.2, 0) is 14.3 Å². The van der Waals surface area contributed by atoms with Gasteiger partial charge in [0.1, 0.15) is 6.61 Å². The van der Waals surface area contributed by atoms with Crippen molar-refractivity contribution in [3.8, 4) is 0 Å². The molecule has 2 amide bonds. The zero-order chi connectivity index (χ0) is 17.9. The normalized spacial score (nSPS) is 23.1. The van der Waals surface area contributed by atoms with Crippen LogP contribution in [0.3, 0.4) is 0 Å². The van der Waals surface area contributed by atoms with Crippen LogP contribution in [0.2, 0.25) is 0 Å². The Morgan fingerprint density at radius 2 is 1.92 bits per heavy atom. The number of rotatable bonds is 4. The molecule has 0 saturated carbocycles. The molecule has 25 heavy (non-hydrogen) atoms. The first kappa shape index (κ1) is 17.9. The summed E-state index contributed by atoms with van der Waals surface area (Å²) < 4.78 is 4.97. The molecule has 0 unspecified atom stereocenters. The average molecular weight is 344 g/mol. The Labute approximate surface area is 149 Å². The molecule has 1 spiro atoms. The summed E-state index contributed by atoms with van der Waals surface area (Å²) in [6, 6.07) is 10.1. The van der Waals surface area contributed by atoms with Gasteiger partial charge in [-0.05, 0) is 37.2 Å². The van der Waals surface area contributed by atoms with E-state index in [-0.39, 0.29) is 29.8 Å². The van der Waals surface area contributed by atoms with Gasteiger partial charge in [-0.15, -0.1) is 0 Å². The quantitative estimate of drug-likeness (QED) is 0.842. The first-order chi connectivity index (χ1) is 12.1. The van der Waals surface area contributed by atoms with Gasteiger partial charge in [0.2, 0.25) is 11.8 Å². The van der Waals surface area contributed by atoms with Crippen LogP contribution in [0, 0.1) is 5.41 Å². The van der Waals surface area contributed by atoms with Crippen molar-refractivity contribution in [2.24, 2.45) is 5.41 Å². The minimum absolute atomic E-state index is 0.0591. The van der Waals surface area contributed by atoms with Crippen LogP contribution in [0.15, 0.2) is 30.3 Å². The fourth-order valence-corrected chi connectivity index (χ4v) is 4.31. The largest absolute Gasteiger partial charge is 0.375 e. The van der Waals surface area contributed by atoms with Gasteiger partial charge in [-0.3, -0.25) is 9.59 Å². The molecular weight excluding hydrogens is 316 g/mol. The molecular formula is C20H28N2O3. The predicted octanol–water partition coefficient (Wildman–Crippen LogP) is 2.28. The van der Waals surface area contributed by atoms with Crippen LogP contribution in [0.4, 0.5) is 0 Å². The Morgan fingerprint density at radius 1 is 1.24 bits per heavy atom. The highest BCUT2D eigenvalue weighted by molar-refractivity contribution is 5.85. The molecule has 0 aromatic heterocycles. The number of carbonyl (C=O) groups is 2. The van der Waals surface area contributed by atoms with Gasteiger partial charge >= 0.3 is 0 Å². The molecule has 0 N–H and O–H groups in total.